The lowest BCUT2D eigenvalue weighted by molar-refractivity contribution is 0.665. The minimum atomic E-state index is 0.605. The zero-order chi connectivity index (χ0) is 15.0. The number of hydrogen-bond acceptors (Lipinski definition) is 6. The van der Waals surface area contributed by atoms with Crippen LogP contribution in [0.4, 0.5) is 0 Å². The molecule has 0 aliphatic heterocycles. The highest BCUT2D eigenvalue weighted by Crippen LogP contribution is 2.20. The molecule has 4 nitrogen and oxygen atoms in total. The van der Waals surface area contributed by atoms with Crippen molar-refractivity contribution in [2.24, 2.45) is 0 Å². The Morgan fingerprint density at radius 2 is 0.909 bits per heavy atom. The predicted molar refractivity (Wildman–Crippen MR) is 89.6 cm³/mol. The molecule has 0 fully saturated rings. The molecule has 0 unspecified atom stereocenters. The van der Waals surface area contributed by atoms with E-state index in [2.05, 4.69) is 44.7 Å². The third-order valence-corrected chi connectivity index (χ3v) is 4.66. The topological polar surface area (TPSA) is 51.6 Å². The standard InChI is InChI=1S/C16H14N4S2/c1-3-7-13(8-4-1)11-21-15-17-19-16(20-18-15)22-12-14-9-5-2-6-10-14/h1-10H,11-12H2. The molecule has 0 radical (unpaired) electrons. The average molecular weight is 326 g/mol. The van der Waals surface area contributed by atoms with Crippen LogP contribution in [0.25, 0.3) is 0 Å². The van der Waals surface area contributed by atoms with Crippen LogP contribution in [0.5, 0.6) is 0 Å². The lowest BCUT2D eigenvalue weighted by Gasteiger charge is -2.01. The minimum Gasteiger partial charge on any atom is -0.119 e. The summed E-state index contributed by atoms with van der Waals surface area (Å²) in [5.41, 5.74) is 2.47. The van der Waals surface area contributed by atoms with Crippen molar-refractivity contribution in [2.75, 3.05) is 0 Å². The molecule has 6 heteroatoms. The molecule has 0 spiro atoms. The first kappa shape index (κ1) is 15.0. The van der Waals surface area contributed by atoms with Crippen molar-refractivity contribution in [3.8, 4) is 0 Å². The fourth-order valence-corrected chi connectivity index (χ4v) is 3.14. The molecular formula is C16H14N4S2. The molecule has 0 saturated heterocycles. The highest BCUT2D eigenvalue weighted by Gasteiger charge is 2.04. The molecule has 0 bridgehead atoms. The highest BCUT2D eigenvalue weighted by atomic mass is 32.2. The van der Waals surface area contributed by atoms with Gasteiger partial charge in [0, 0.05) is 11.5 Å². The van der Waals surface area contributed by atoms with Crippen molar-refractivity contribution in [3.63, 3.8) is 0 Å². The number of rotatable bonds is 6. The van der Waals surface area contributed by atoms with Crippen molar-refractivity contribution < 1.29 is 0 Å². The van der Waals surface area contributed by atoms with Gasteiger partial charge < -0.3 is 0 Å². The number of hydrogen-bond donors (Lipinski definition) is 0. The Morgan fingerprint density at radius 1 is 0.545 bits per heavy atom. The lowest BCUT2D eigenvalue weighted by Crippen LogP contribution is -1.97. The predicted octanol–water partition coefficient (Wildman–Crippen LogP) is 3.85. The van der Waals surface area contributed by atoms with E-state index in [1.165, 1.54) is 11.1 Å². The van der Waals surface area contributed by atoms with Crippen LogP contribution in [-0.4, -0.2) is 20.4 Å². The van der Waals surface area contributed by atoms with Gasteiger partial charge >= 0.3 is 0 Å². The normalized spacial score (nSPS) is 10.5. The Labute approximate surface area is 137 Å². The molecule has 0 amide bonds. The van der Waals surface area contributed by atoms with E-state index in [1.807, 2.05) is 36.4 Å². The second-order valence-corrected chi connectivity index (χ2v) is 6.40. The van der Waals surface area contributed by atoms with E-state index in [-0.39, 0.29) is 0 Å². The molecule has 3 rings (SSSR count). The van der Waals surface area contributed by atoms with Gasteiger partial charge in [0.15, 0.2) is 0 Å². The SMILES string of the molecule is c1ccc(CSc2nnc(SCc3ccccc3)nn2)cc1. The quantitative estimate of drug-likeness (QED) is 0.641. The summed E-state index contributed by atoms with van der Waals surface area (Å²) in [6, 6.07) is 20.4. The second kappa shape index (κ2) is 7.91. The molecule has 2 aromatic carbocycles. The fraction of sp³-hybridized carbons (Fsp3) is 0.125. The maximum atomic E-state index is 4.12. The first-order chi connectivity index (χ1) is 10.9. The van der Waals surface area contributed by atoms with Gasteiger partial charge in [0.05, 0.1) is 0 Å². The third kappa shape index (κ3) is 4.54. The smallest absolute Gasteiger partial charge is 0.119 e. The van der Waals surface area contributed by atoms with Crippen molar-refractivity contribution >= 4 is 23.5 Å². The van der Waals surface area contributed by atoms with Crippen molar-refractivity contribution in [1.29, 1.82) is 0 Å². The minimum absolute atomic E-state index is 0.605. The molecule has 0 aliphatic rings. The molecule has 110 valence electrons. The molecule has 1 aromatic heterocycles. The number of thioether (sulfide) groups is 2. The Balaban J connectivity index is 1.52. The molecular weight excluding hydrogens is 312 g/mol. The summed E-state index contributed by atoms with van der Waals surface area (Å²) in [6.07, 6.45) is 0. The van der Waals surface area contributed by atoms with Gasteiger partial charge in [0.25, 0.3) is 0 Å². The molecule has 3 aromatic rings. The Hall–Kier alpha value is -1.92. The lowest BCUT2D eigenvalue weighted by atomic mass is 10.2. The number of aromatic nitrogens is 4. The summed E-state index contributed by atoms with van der Waals surface area (Å²) >= 11 is 3.08. The van der Waals surface area contributed by atoms with Crippen LogP contribution in [0.3, 0.4) is 0 Å². The van der Waals surface area contributed by atoms with Crippen molar-refractivity contribution in [3.05, 3.63) is 71.8 Å². The van der Waals surface area contributed by atoms with Crippen LogP contribution in [-0.2, 0) is 11.5 Å². The van der Waals surface area contributed by atoms with Gasteiger partial charge in [-0.15, -0.1) is 20.4 Å². The van der Waals surface area contributed by atoms with Gasteiger partial charge in [-0.3, -0.25) is 0 Å². The van der Waals surface area contributed by atoms with E-state index >= 15 is 0 Å². The number of nitrogens with zero attached hydrogens (tertiary/aromatic N) is 4. The van der Waals surface area contributed by atoms with E-state index in [0.717, 1.165) is 11.5 Å². The van der Waals surface area contributed by atoms with E-state index in [4.69, 9.17) is 0 Å². The van der Waals surface area contributed by atoms with Crippen LogP contribution in [0.2, 0.25) is 0 Å². The van der Waals surface area contributed by atoms with Gasteiger partial charge in [-0.05, 0) is 11.1 Å². The Kier molecular flexibility index (Phi) is 5.39. The summed E-state index contributed by atoms with van der Waals surface area (Å²) in [4.78, 5) is 0. The Morgan fingerprint density at radius 3 is 1.27 bits per heavy atom. The molecule has 22 heavy (non-hydrogen) atoms. The molecule has 1 heterocycles. The highest BCUT2D eigenvalue weighted by molar-refractivity contribution is 7.98. The zero-order valence-electron chi connectivity index (χ0n) is 11.8. The maximum Gasteiger partial charge on any atom is 0.230 e. The summed E-state index contributed by atoms with van der Waals surface area (Å²) in [5, 5.41) is 17.7. The zero-order valence-corrected chi connectivity index (χ0v) is 13.4. The van der Waals surface area contributed by atoms with Gasteiger partial charge in [0.2, 0.25) is 10.3 Å². The first-order valence-corrected chi connectivity index (χ1v) is 8.78. The Bertz CT molecular complexity index is 628. The molecule has 0 atom stereocenters. The fourth-order valence-electron chi connectivity index (χ4n) is 1.77. The maximum absolute atomic E-state index is 4.12. The van der Waals surface area contributed by atoms with Crippen molar-refractivity contribution in [1.82, 2.24) is 20.4 Å². The van der Waals surface area contributed by atoms with Crippen LogP contribution in [0.1, 0.15) is 11.1 Å². The summed E-state index contributed by atoms with van der Waals surface area (Å²) < 4.78 is 0. The summed E-state index contributed by atoms with van der Waals surface area (Å²) in [6.45, 7) is 0. The second-order valence-electron chi connectivity index (χ2n) is 4.51. The van der Waals surface area contributed by atoms with E-state index in [9.17, 15) is 0 Å². The molecule has 0 N–H and O–H groups in total. The average Bonchev–Trinajstić information content (AvgIpc) is 2.61. The molecule has 0 saturated carbocycles. The van der Waals surface area contributed by atoms with E-state index in [0.29, 0.717) is 10.3 Å². The van der Waals surface area contributed by atoms with Gasteiger partial charge in [-0.1, -0.05) is 84.2 Å². The van der Waals surface area contributed by atoms with Gasteiger partial charge in [-0.2, -0.15) is 0 Å². The first-order valence-electron chi connectivity index (χ1n) is 6.81. The van der Waals surface area contributed by atoms with E-state index < -0.39 is 0 Å². The largest absolute Gasteiger partial charge is 0.230 e. The third-order valence-electron chi connectivity index (χ3n) is 2.86. The van der Waals surface area contributed by atoms with E-state index in [1.54, 1.807) is 23.5 Å². The summed E-state index contributed by atoms with van der Waals surface area (Å²) in [7, 11) is 0. The van der Waals surface area contributed by atoms with Crippen LogP contribution >= 0.6 is 23.5 Å². The monoisotopic (exact) mass is 326 g/mol. The van der Waals surface area contributed by atoms with Gasteiger partial charge in [-0.25, -0.2) is 0 Å². The summed E-state index contributed by atoms with van der Waals surface area (Å²) in [5.74, 6) is 1.64. The van der Waals surface area contributed by atoms with Crippen molar-refractivity contribution in [2.45, 2.75) is 21.8 Å². The van der Waals surface area contributed by atoms with Crippen LogP contribution in [0, 0.1) is 0 Å². The van der Waals surface area contributed by atoms with Crippen LogP contribution in [0.15, 0.2) is 71.0 Å². The van der Waals surface area contributed by atoms with Crippen LogP contribution < -0.4 is 0 Å². The number of benzene rings is 2. The molecule has 0 aliphatic carbocycles. The van der Waals surface area contributed by atoms with Gasteiger partial charge in [0.1, 0.15) is 0 Å².